The molecule has 17 heavy (non-hydrogen) atoms. The van der Waals surface area contributed by atoms with Gasteiger partial charge in [-0.1, -0.05) is 15.5 Å². The maximum absolute atomic E-state index is 5.40. The van der Waals surface area contributed by atoms with Crippen molar-refractivity contribution < 1.29 is 9.47 Å². The first-order valence-corrected chi connectivity index (χ1v) is 6.12. The summed E-state index contributed by atoms with van der Waals surface area (Å²) >= 11 is 0. The lowest BCUT2D eigenvalue weighted by atomic mass is 10.0. The minimum absolute atomic E-state index is 0.779. The molecule has 0 aliphatic carbocycles. The van der Waals surface area contributed by atoms with Crippen molar-refractivity contribution in [3.8, 4) is 11.5 Å². The van der Waals surface area contributed by atoms with Crippen molar-refractivity contribution in [3.05, 3.63) is 35.9 Å². The minimum Gasteiger partial charge on any atom is -0.496 e. The van der Waals surface area contributed by atoms with E-state index in [0.717, 1.165) is 42.0 Å². The van der Waals surface area contributed by atoms with E-state index in [0.29, 0.717) is 0 Å². The zero-order valence-corrected chi connectivity index (χ0v) is 11.6. The maximum atomic E-state index is 5.40. The number of allylic oxidation sites excluding steroid dienone is 1. The number of methoxy groups -OCH3 is 2. The Morgan fingerprint density at radius 1 is 1.24 bits per heavy atom. The standard InChI is InChI=1S/C13H20NO2P/c1-4-5-10-8-13(16-3)11(6-7-14-17)9-12(10)15-2/h4,8-9,14H,1,5-7,17H2,2-3H3. The van der Waals surface area contributed by atoms with Gasteiger partial charge in [-0.2, -0.15) is 0 Å². The maximum Gasteiger partial charge on any atom is 0.122 e. The van der Waals surface area contributed by atoms with Crippen LogP contribution in [0.5, 0.6) is 11.5 Å². The average molecular weight is 253 g/mol. The van der Waals surface area contributed by atoms with Crippen LogP contribution in [0.3, 0.4) is 0 Å². The summed E-state index contributed by atoms with van der Waals surface area (Å²) in [6, 6.07) is 4.07. The molecule has 0 heterocycles. The van der Waals surface area contributed by atoms with Crippen molar-refractivity contribution in [3.63, 3.8) is 0 Å². The Morgan fingerprint density at radius 3 is 2.35 bits per heavy atom. The monoisotopic (exact) mass is 253 g/mol. The number of nitrogens with one attached hydrogen (secondary N) is 1. The van der Waals surface area contributed by atoms with Crippen molar-refractivity contribution in [2.75, 3.05) is 20.8 Å². The summed E-state index contributed by atoms with van der Waals surface area (Å²) in [7, 11) is 5.88. The fraction of sp³-hybridized carbons (Fsp3) is 0.385. The highest BCUT2D eigenvalue weighted by molar-refractivity contribution is 7.13. The van der Waals surface area contributed by atoms with Crippen molar-refractivity contribution in [2.45, 2.75) is 12.8 Å². The molecule has 0 aliphatic heterocycles. The lowest BCUT2D eigenvalue weighted by Crippen LogP contribution is -2.06. The van der Waals surface area contributed by atoms with Crippen molar-refractivity contribution in [1.29, 1.82) is 0 Å². The van der Waals surface area contributed by atoms with Gasteiger partial charge in [0.15, 0.2) is 0 Å². The summed E-state index contributed by atoms with van der Waals surface area (Å²) in [5, 5.41) is 3.05. The van der Waals surface area contributed by atoms with Crippen LogP contribution in [0.4, 0.5) is 0 Å². The minimum atomic E-state index is 0.779. The van der Waals surface area contributed by atoms with Crippen LogP contribution in [0.2, 0.25) is 0 Å². The van der Waals surface area contributed by atoms with Crippen LogP contribution < -0.4 is 14.6 Å². The molecule has 1 rings (SSSR count). The molecule has 0 saturated heterocycles. The fourth-order valence-electron chi connectivity index (χ4n) is 1.74. The van der Waals surface area contributed by atoms with E-state index in [2.05, 4.69) is 21.1 Å². The molecule has 1 aromatic rings. The Morgan fingerprint density at radius 2 is 1.82 bits per heavy atom. The third-order valence-corrected chi connectivity index (χ3v) is 2.88. The predicted molar refractivity (Wildman–Crippen MR) is 74.9 cm³/mol. The van der Waals surface area contributed by atoms with Gasteiger partial charge >= 0.3 is 0 Å². The molecule has 1 N–H and O–H groups in total. The largest absolute Gasteiger partial charge is 0.496 e. The summed E-state index contributed by atoms with van der Waals surface area (Å²) in [5.41, 5.74) is 2.24. The number of hydrogen-bond acceptors (Lipinski definition) is 3. The second-order valence-electron chi connectivity index (χ2n) is 3.67. The second-order valence-corrected chi connectivity index (χ2v) is 4.08. The summed E-state index contributed by atoms with van der Waals surface area (Å²) in [5.74, 6) is 1.80. The van der Waals surface area contributed by atoms with Gasteiger partial charge < -0.3 is 14.6 Å². The highest BCUT2D eigenvalue weighted by Crippen LogP contribution is 2.29. The molecule has 94 valence electrons. The zero-order chi connectivity index (χ0) is 12.7. The van der Waals surface area contributed by atoms with Crippen LogP contribution in [0, 0.1) is 0 Å². The van der Waals surface area contributed by atoms with Crippen LogP contribution in [0.25, 0.3) is 0 Å². The van der Waals surface area contributed by atoms with Crippen LogP contribution in [-0.2, 0) is 12.8 Å². The van der Waals surface area contributed by atoms with Gasteiger partial charge in [0.25, 0.3) is 0 Å². The molecule has 0 bridgehead atoms. The predicted octanol–water partition coefficient (Wildman–Crippen LogP) is 2.35. The van der Waals surface area contributed by atoms with Gasteiger partial charge in [-0.05, 0) is 30.5 Å². The normalized spacial score (nSPS) is 10.1. The molecule has 0 spiro atoms. The number of benzene rings is 1. The zero-order valence-electron chi connectivity index (χ0n) is 10.5. The van der Waals surface area contributed by atoms with E-state index in [4.69, 9.17) is 9.47 Å². The quantitative estimate of drug-likeness (QED) is 0.597. The number of hydrogen-bond donors (Lipinski definition) is 1. The third-order valence-electron chi connectivity index (χ3n) is 2.59. The first-order valence-electron chi connectivity index (χ1n) is 5.55. The summed E-state index contributed by atoms with van der Waals surface area (Å²) in [4.78, 5) is 0. The van der Waals surface area contributed by atoms with Gasteiger partial charge in [0.05, 0.1) is 14.2 Å². The van der Waals surface area contributed by atoms with Crippen LogP contribution in [0.1, 0.15) is 11.1 Å². The fourth-order valence-corrected chi connectivity index (χ4v) is 1.89. The van der Waals surface area contributed by atoms with Crippen LogP contribution in [-0.4, -0.2) is 20.8 Å². The van der Waals surface area contributed by atoms with Crippen LogP contribution >= 0.6 is 9.39 Å². The Hall–Kier alpha value is -1.05. The first kappa shape index (κ1) is 14.0. The lowest BCUT2D eigenvalue weighted by Gasteiger charge is -2.14. The van der Waals surface area contributed by atoms with Crippen molar-refractivity contribution in [2.24, 2.45) is 0 Å². The molecule has 0 aromatic heterocycles. The van der Waals surface area contributed by atoms with E-state index >= 15 is 0 Å². The van der Waals surface area contributed by atoms with E-state index in [1.807, 2.05) is 18.2 Å². The molecule has 1 aromatic carbocycles. The topological polar surface area (TPSA) is 30.5 Å². The molecular weight excluding hydrogens is 233 g/mol. The molecule has 1 atom stereocenters. The summed E-state index contributed by atoms with van der Waals surface area (Å²) in [6.45, 7) is 4.63. The number of rotatable bonds is 7. The van der Waals surface area contributed by atoms with E-state index in [-0.39, 0.29) is 0 Å². The Balaban J connectivity index is 3.08. The van der Waals surface area contributed by atoms with Gasteiger partial charge in [0.2, 0.25) is 0 Å². The molecule has 0 saturated carbocycles. The van der Waals surface area contributed by atoms with Gasteiger partial charge in [0.1, 0.15) is 11.5 Å². The van der Waals surface area contributed by atoms with E-state index in [1.54, 1.807) is 14.2 Å². The van der Waals surface area contributed by atoms with E-state index in [9.17, 15) is 0 Å². The Kier molecular flexibility index (Phi) is 6.03. The third kappa shape index (κ3) is 3.72. The average Bonchev–Trinajstić information content (AvgIpc) is 2.36. The van der Waals surface area contributed by atoms with Gasteiger partial charge in [-0.15, -0.1) is 6.58 Å². The van der Waals surface area contributed by atoms with E-state index in [1.165, 1.54) is 0 Å². The van der Waals surface area contributed by atoms with Crippen molar-refractivity contribution >= 4 is 9.39 Å². The van der Waals surface area contributed by atoms with Crippen LogP contribution in [0.15, 0.2) is 24.8 Å². The summed E-state index contributed by atoms with van der Waals surface area (Å²) in [6.07, 6.45) is 3.54. The van der Waals surface area contributed by atoms with Gasteiger partial charge in [0, 0.05) is 12.1 Å². The Bertz CT molecular complexity index is 380. The smallest absolute Gasteiger partial charge is 0.122 e. The highest BCUT2D eigenvalue weighted by Gasteiger charge is 2.09. The molecule has 3 nitrogen and oxygen atoms in total. The second kappa shape index (κ2) is 7.31. The van der Waals surface area contributed by atoms with Crippen molar-refractivity contribution in [1.82, 2.24) is 5.09 Å². The van der Waals surface area contributed by atoms with Gasteiger partial charge in [-0.3, -0.25) is 0 Å². The lowest BCUT2D eigenvalue weighted by molar-refractivity contribution is 0.395. The molecule has 0 aliphatic rings. The molecule has 0 radical (unpaired) electrons. The summed E-state index contributed by atoms with van der Waals surface area (Å²) < 4.78 is 10.8. The first-order chi connectivity index (χ1) is 8.26. The molecular formula is C13H20NO2P. The molecule has 0 amide bonds. The Labute approximate surface area is 105 Å². The van der Waals surface area contributed by atoms with Gasteiger partial charge in [-0.25, -0.2) is 0 Å². The SMILES string of the molecule is C=CCc1cc(OC)c(CCNP)cc1OC. The molecule has 1 unspecified atom stereocenters. The highest BCUT2D eigenvalue weighted by atomic mass is 31.0. The molecule has 4 heteroatoms. The van der Waals surface area contributed by atoms with E-state index < -0.39 is 0 Å². The number of ether oxygens (including phenoxy) is 2. The molecule has 0 fully saturated rings.